The van der Waals surface area contributed by atoms with Crippen molar-refractivity contribution in [2.45, 2.75) is 13.0 Å². The van der Waals surface area contributed by atoms with Gasteiger partial charge in [-0.1, -0.05) is 51.8 Å². The summed E-state index contributed by atoms with van der Waals surface area (Å²) in [5, 5.41) is 10.9. The first-order valence-corrected chi connectivity index (χ1v) is 6.44. The van der Waals surface area contributed by atoms with E-state index in [-0.39, 0.29) is 0 Å². The summed E-state index contributed by atoms with van der Waals surface area (Å²) in [6, 6.07) is 13.2. The van der Waals surface area contributed by atoms with E-state index in [1.807, 2.05) is 49.4 Å². The van der Waals surface area contributed by atoms with Crippen LogP contribution in [-0.2, 0) is 0 Å². The second-order valence-corrected chi connectivity index (χ2v) is 5.29. The Labute approximate surface area is 114 Å². The van der Waals surface area contributed by atoms with Gasteiger partial charge in [0.2, 0.25) is 0 Å². The highest BCUT2D eigenvalue weighted by Crippen LogP contribution is 2.27. The van der Waals surface area contributed by atoms with Gasteiger partial charge in [-0.15, -0.1) is 0 Å². The largest absolute Gasteiger partial charge is 0.384 e. The fourth-order valence-corrected chi connectivity index (χ4v) is 2.25. The first kappa shape index (κ1) is 12.6. The topological polar surface area (TPSA) is 20.2 Å². The summed E-state index contributed by atoms with van der Waals surface area (Å²) in [5.41, 5.74) is 2.66. The van der Waals surface area contributed by atoms with E-state index < -0.39 is 6.10 Å². The molecule has 0 spiro atoms. The van der Waals surface area contributed by atoms with E-state index >= 15 is 0 Å². The Hall–Kier alpha value is -0.830. The van der Waals surface area contributed by atoms with Gasteiger partial charge in [-0.2, -0.15) is 0 Å². The first-order chi connectivity index (χ1) is 8.08. The lowest BCUT2D eigenvalue weighted by molar-refractivity contribution is 0.220. The molecule has 0 aliphatic heterocycles. The molecule has 0 saturated heterocycles. The maximum absolute atomic E-state index is 10.3. The average Bonchev–Trinajstić information content (AvgIpc) is 2.32. The van der Waals surface area contributed by atoms with Crippen LogP contribution < -0.4 is 0 Å². The molecule has 1 nitrogen and oxygen atoms in total. The van der Waals surface area contributed by atoms with Gasteiger partial charge in [0.1, 0.15) is 6.10 Å². The summed E-state index contributed by atoms with van der Waals surface area (Å²) in [5.74, 6) is 0. The van der Waals surface area contributed by atoms with Gasteiger partial charge in [0, 0.05) is 9.50 Å². The van der Waals surface area contributed by atoms with Crippen LogP contribution in [0.25, 0.3) is 0 Å². The number of aryl methyl sites for hydroxylation is 1. The van der Waals surface area contributed by atoms with Crippen LogP contribution in [0, 0.1) is 6.92 Å². The van der Waals surface area contributed by atoms with Crippen molar-refractivity contribution in [2.75, 3.05) is 0 Å². The molecule has 0 saturated carbocycles. The van der Waals surface area contributed by atoms with Crippen molar-refractivity contribution in [3.05, 3.63) is 68.7 Å². The third kappa shape index (κ3) is 2.89. The van der Waals surface area contributed by atoms with Crippen molar-refractivity contribution in [3.8, 4) is 0 Å². The Balaban J connectivity index is 2.36. The number of hydrogen-bond acceptors (Lipinski definition) is 1. The molecule has 2 aromatic rings. The summed E-state index contributed by atoms with van der Waals surface area (Å²) in [7, 11) is 0. The molecule has 0 aromatic heterocycles. The molecule has 0 aliphatic carbocycles. The molecule has 17 heavy (non-hydrogen) atoms. The van der Waals surface area contributed by atoms with Crippen LogP contribution >= 0.6 is 27.5 Å². The fraction of sp³-hybridized carbons (Fsp3) is 0.143. The van der Waals surface area contributed by atoms with Crippen LogP contribution in [0.2, 0.25) is 5.02 Å². The second kappa shape index (κ2) is 5.21. The third-order valence-corrected chi connectivity index (χ3v) is 3.58. The molecule has 0 radical (unpaired) electrons. The Bertz CT molecular complexity index is 539. The van der Waals surface area contributed by atoms with Crippen molar-refractivity contribution >= 4 is 27.5 Å². The molecular weight excluding hydrogens is 300 g/mol. The van der Waals surface area contributed by atoms with E-state index in [0.29, 0.717) is 5.02 Å². The van der Waals surface area contributed by atoms with Gasteiger partial charge >= 0.3 is 0 Å². The number of aliphatic hydroxyl groups excluding tert-OH is 1. The lowest BCUT2D eigenvalue weighted by Crippen LogP contribution is -1.99. The number of hydrogen-bond donors (Lipinski definition) is 1. The third-order valence-electron chi connectivity index (χ3n) is 2.68. The summed E-state index contributed by atoms with van der Waals surface area (Å²) < 4.78 is 0.951. The van der Waals surface area contributed by atoms with Gasteiger partial charge in [0.05, 0.1) is 0 Å². The van der Waals surface area contributed by atoms with Crippen molar-refractivity contribution in [3.63, 3.8) is 0 Å². The smallest absolute Gasteiger partial charge is 0.104 e. The monoisotopic (exact) mass is 310 g/mol. The van der Waals surface area contributed by atoms with E-state index in [2.05, 4.69) is 15.9 Å². The number of rotatable bonds is 2. The molecular formula is C14H12BrClO. The normalized spacial score (nSPS) is 12.5. The second-order valence-electron chi connectivity index (χ2n) is 3.97. The van der Waals surface area contributed by atoms with Crippen molar-refractivity contribution in [1.29, 1.82) is 0 Å². The predicted molar refractivity (Wildman–Crippen MR) is 74.4 cm³/mol. The molecule has 88 valence electrons. The van der Waals surface area contributed by atoms with Crippen LogP contribution in [0.1, 0.15) is 22.8 Å². The molecule has 1 unspecified atom stereocenters. The lowest BCUT2D eigenvalue weighted by atomic mass is 10.0. The fourth-order valence-electron chi connectivity index (χ4n) is 1.65. The van der Waals surface area contributed by atoms with Gasteiger partial charge in [-0.25, -0.2) is 0 Å². The molecule has 1 N–H and O–H groups in total. The Morgan fingerprint density at radius 2 is 1.82 bits per heavy atom. The highest BCUT2D eigenvalue weighted by Gasteiger charge is 2.11. The summed E-state index contributed by atoms with van der Waals surface area (Å²) in [6.45, 7) is 1.94. The van der Waals surface area contributed by atoms with E-state index in [1.165, 1.54) is 0 Å². The van der Waals surface area contributed by atoms with E-state index in [4.69, 9.17) is 11.6 Å². The van der Waals surface area contributed by atoms with Gasteiger partial charge in [-0.3, -0.25) is 0 Å². The molecule has 0 aliphatic rings. The van der Waals surface area contributed by atoms with Crippen LogP contribution in [-0.4, -0.2) is 5.11 Å². The maximum atomic E-state index is 10.3. The molecule has 2 aromatic carbocycles. The molecule has 0 fully saturated rings. The molecule has 0 heterocycles. The number of halogens is 2. The average molecular weight is 312 g/mol. The Morgan fingerprint density at radius 3 is 2.47 bits per heavy atom. The predicted octanol–water partition coefficient (Wildman–Crippen LogP) is 4.49. The van der Waals surface area contributed by atoms with Gasteiger partial charge in [-0.05, 0) is 41.8 Å². The summed E-state index contributed by atoms with van der Waals surface area (Å²) >= 11 is 9.45. The first-order valence-electron chi connectivity index (χ1n) is 5.27. The molecule has 2 rings (SSSR count). The zero-order valence-electron chi connectivity index (χ0n) is 9.32. The van der Waals surface area contributed by atoms with Gasteiger partial charge in [0.25, 0.3) is 0 Å². The minimum atomic E-state index is -0.648. The lowest BCUT2D eigenvalue weighted by Gasteiger charge is -2.13. The van der Waals surface area contributed by atoms with E-state index in [0.717, 1.165) is 21.2 Å². The van der Waals surface area contributed by atoms with Crippen LogP contribution in [0.15, 0.2) is 46.9 Å². The minimum absolute atomic E-state index is 0.648. The Morgan fingerprint density at radius 1 is 1.12 bits per heavy atom. The van der Waals surface area contributed by atoms with Crippen molar-refractivity contribution in [2.24, 2.45) is 0 Å². The zero-order valence-corrected chi connectivity index (χ0v) is 11.7. The van der Waals surface area contributed by atoms with Crippen LogP contribution in [0.3, 0.4) is 0 Å². The van der Waals surface area contributed by atoms with E-state index in [9.17, 15) is 5.11 Å². The van der Waals surface area contributed by atoms with Gasteiger partial charge in [0.15, 0.2) is 0 Å². The molecule has 3 heteroatoms. The summed E-state index contributed by atoms with van der Waals surface area (Å²) in [4.78, 5) is 0. The van der Waals surface area contributed by atoms with Crippen molar-refractivity contribution < 1.29 is 5.11 Å². The van der Waals surface area contributed by atoms with Crippen molar-refractivity contribution in [1.82, 2.24) is 0 Å². The van der Waals surface area contributed by atoms with Crippen LogP contribution in [0.4, 0.5) is 0 Å². The summed E-state index contributed by atoms with van der Waals surface area (Å²) in [6.07, 6.45) is -0.648. The standard InChI is InChI=1S/C14H12BrClO/c1-9-5-6-11(8-13(9)16)14(17)10-3-2-4-12(15)7-10/h2-8,14,17H,1H3. The zero-order chi connectivity index (χ0) is 12.4. The number of aliphatic hydroxyl groups is 1. The minimum Gasteiger partial charge on any atom is -0.384 e. The highest BCUT2D eigenvalue weighted by atomic mass is 79.9. The SMILES string of the molecule is Cc1ccc(C(O)c2cccc(Br)c2)cc1Cl. The quantitative estimate of drug-likeness (QED) is 0.866. The van der Waals surface area contributed by atoms with Crippen LogP contribution in [0.5, 0.6) is 0 Å². The number of benzene rings is 2. The molecule has 0 amide bonds. The Kier molecular flexibility index (Phi) is 3.87. The maximum Gasteiger partial charge on any atom is 0.104 e. The molecule has 1 atom stereocenters. The van der Waals surface area contributed by atoms with Gasteiger partial charge < -0.3 is 5.11 Å². The molecule has 0 bridgehead atoms. The highest BCUT2D eigenvalue weighted by molar-refractivity contribution is 9.10. The van der Waals surface area contributed by atoms with E-state index in [1.54, 1.807) is 0 Å².